The highest BCUT2D eigenvalue weighted by molar-refractivity contribution is 7.22. The standard InChI is InChI=1S/C11H10N2O5S/c1-3-18-11(15)9-6(5-14)10-7(12(9)2)4-8(19-10)13(16)17/h4-5H,3H2,1-2H3. The number of fused-ring (bicyclic) bond motifs is 1. The highest BCUT2D eigenvalue weighted by Crippen LogP contribution is 2.36. The van der Waals surface area contributed by atoms with E-state index in [2.05, 4.69) is 0 Å². The van der Waals surface area contributed by atoms with Crippen LogP contribution in [0.5, 0.6) is 0 Å². The third kappa shape index (κ3) is 1.99. The van der Waals surface area contributed by atoms with E-state index >= 15 is 0 Å². The summed E-state index contributed by atoms with van der Waals surface area (Å²) in [4.78, 5) is 33.2. The number of aromatic nitrogens is 1. The Morgan fingerprint density at radius 3 is 2.84 bits per heavy atom. The van der Waals surface area contributed by atoms with Gasteiger partial charge in [0.15, 0.2) is 6.29 Å². The van der Waals surface area contributed by atoms with E-state index in [-0.39, 0.29) is 22.9 Å². The van der Waals surface area contributed by atoms with Crippen molar-refractivity contribution >= 4 is 38.8 Å². The number of ether oxygens (including phenoxy) is 1. The summed E-state index contributed by atoms with van der Waals surface area (Å²) in [6.45, 7) is 1.85. The van der Waals surface area contributed by atoms with Gasteiger partial charge in [-0.3, -0.25) is 14.9 Å². The predicted molar refractivity (Wildman–Crippen MR) is 68.8 cm³/mol. The summed E-state index contributed by atoms with van der Waals surface area (Å²) in [7, 11) is 1.57. The monoisotopic (exact) mass is 282 g/mol. The van der Waals surface area contributed by atoms with Crippen molar-refractivity contribution in [3.05, 3.63) is 27.4 Å². The SMILES string of the molecule is CCOC(=O)c1c(C=O)c2sc([N+](=O)[O-])cc2n1C. The highest BCUT2D eigenvalue weighted by atomic mass is 32.1. The van der Waals surface area contributed by atoms with Crippen LogP contribution in [0.3, 0.4) is 0 Å². The Kier molecular flexibility index (Phi) is 3.34. The average Bonchev–Trinajstić information content (AvgIpc) is 2.88. The molecule has 2 aromatic heterocycles. The Bertz CT molecular complexity index is 685. The van der Waals surface area contributed by atoms with Gasteiger partial charge >= 0.3 is 11.0 Å². The number of hydrogen-bond donors (Lipinski definition) is 0. The minimum absolute atomic E-state index is 0.0703. The Morgan fingerprint density at radius 1 is 1.63 bits per heavy atom. The fourth-order valence-electron chi connectivity index (χ4n) is 1.87. The van der Waals surface area contributed by atoms with E-state index in [0.717, 1.165) is 11.3 Å². The van der Waals surface area contributed by atoms with Crippen molar-refractivity contribution in [2.75, 3.05) is 6.61 Å². The molecule has 7 nitrogen and oxygen atoms in total. The van der Waals surface area contributed by atoms with Gasteiger partial charge in [0.1, 0.15) is 5.69 Å². The van der Waals surface area contributed by atoms with Gasteiger partial charge in [-0.15, -0.1) is 0 Å². The maximum atomic E-state index is 11.8. The van der Waals surface area contributed by atoms with E-state index in [1.165, 1.54) is 10.6 Å². The summed E-state index contributed by atoms with van der Waals surface area (Å²) < 4.78 is 6.75. The second kappa shape index (κ2) is 4.81. The van der Waals surface area contributed by atoms with E-state index in [0.29, 0.717) is 16.5 Å². The van der Waals surface area contributed by atoms with Crippen LogP contribution >= 0.6 is 11.3 Å². The molecule has 0 aliphatic carbocycles. The molecule has 2 heterocycles. The number of carbonyl (C=O) groups is 2. The lowest BCUT2D eigenvalue weighted by molar-refractivity contribution is -0.380. The molecule has 0 atom stereocenters. The third-order valence-corrected chi connectivity index (χ3v) is 3.77. The Balaban J connectivity index is 2.70. The maximum Gasteiger partial charge on any atom is 0.355 e. The molecule has 0 saturated carbocycles. The van der Waals surface area contributed by atoms with Gasteiger partial charge in [0, 0.05) is 7.05 Å². The first-order valence-electron chi connectivity index (χ1n) is 5.40. The Morgan fingerprint density at radius 2 is 2.32 bits per heavy atom. The summed E-state index contributed by atoms with van der Waals surface area (Å²) >= 11 is 0.868. The van der Waals surface area contributed by atoms with Crippen LogP contribution < -0.4 is 0 Å². The first-order chi connectivity index (χ1) is 9.01. The normalized spacial score (nSPS) is 10.6. The first kappa shape index (κ1) is 13.2. The zero-order chi connectivity index (χ0) is 14.2. The number of nitrogens with zero attached hydrogens (tertiary/aromatic N) is 2. The van der Waals surface area contributed by atoms with E-state index in [1.807, 2.05) is 0 Å². The molecular formula is C11H10N2O5S. The van der Waals surface area contributed by atoms with Gasteiger partial charge in [-0.2, -0.15) is 0 Å². The molecule has 0 aliphatic heterocycles. The van der Waals surface area contributed by atoms with Crippen LogP contribution in [0.15, 0.2) is 6.07 Å². The second-order valence-corrected chi connectivity index (χ2v) is 4.75. The van der Waals surface area contributed by atoms with Crippen molar-refractivity contribution < 1.29 is 19.2 Å². The summed E-state index contributed by atoms with van der Waals surface area (Å²) in [5.41, 5.74) is 0.726. The fraction of sp³-hybridized carbons (Fsp3) is 0.273. The first-order valence-corrected chi connectivity index (χ1v) is 6.21. The molecule has 19 heavy (non-hydrogen) atoms. The quantitative estimate of drug-likeness (QED) is 0.371. The number of hydrogen-bond acceptors (Lipinski definition) is 6. The fourth-order valence-corrected chi connectivity index (χ4v) is 2.87. The number of aryl methyl sites for hydroxylation is 1. The van der Waals surface area contributed by atoms with Crippen molar-refractivity contribution in [1.29, 1.82) is 0 Å². The molecule has 0 aliphatic rings. The van der Waals surface area contributed by atoms with Crippen LogP contribution in [0.4, 0.5) is 5.00 Å². The van der Waals surface area contributed by atoms with Crippen molar-refractivity contribution in [2.45, 2.75) is 6.92 Å². The second-order valence-electron chi connectivity index (χ2n) is 3.72. The lowest BCUT2D eigenvalue weighted by Crippen LogP contribution is -2.12. The van der Waals surface area contributed by atoms with Gasteiger partial charge in [-0.05, 0) is 6.92 Å². The molecule has 0 fully saturated rings. The van der Waals surface area contributed by atoms with Crippen molar-refractivity contribution in [2.24, 2.45) is 7.05 Å². The van der Waals surface area contributed by atoms with Crippen molar-refractivity contribution in [3.63, 3.8) is 0 Å². The maximum absolute atomic E-state index is 11.8. The molecular weight excluding hydrogens is 272 g/mol. The largest absolute Gasteiger partial charge is 0.461 e. The molecule has 0 unspecified atom stereocenters. The topological polar surface area (TPSA) is 91.4 Å². The van der Waals surface area contributed by atoms with Crippen LogP contribution in [0.2, 0.25) is 0 Å². The van der Waals surface area contributed by atoms with E-state index in [9.17, 15) is 19.7 Å². The molecule has 0 spiro atoms. The van der Waals surface area contributed by atoms with Crippen molar-refractivity contribution in [3.8, 4) is 0 Å². The van der Waals surface area contributed by atoms with Gasteiger partial charge in [-0.25, -0.2) is 4.79 Å². The minimum atomic E-state index is -0.613. The van der Waals surface area contributed by atoms with Crippen LogP contribution in [0, 0.1) is 10.1 Å². The zero-order valence-corrected chi connectivity index (χ0v) is 11.0. The van der Waals surface area contributed by atoms with Gasteiger partial charge in [0.2, 0.25) is 0 Å². The van der Waals surface area contributed by atoms with Crippen LogP contribution in [-0.2, 0) is 11.8 Å². The summed E-state index contributed by atoms with van der Waals surface area (Å²) in [6.07, 6.45) is 0.523. The molecule has 8 heteroatoms. The smallest absolute Gasteiger partial charge is 0.355 e. The molecule has 100 valence electrons. The molecule has 2 aromatic rings. The molecule has 0 N–H and O–H groups in total. The van der Waals surface area contributed by atoms with E-state index in [1.54, 1.807) is 14.0 Å². The van der Waals surface area contributed by atoms with Gasteiger partial charge < -0.3 is 9.30 Å². The Hall–Kier alpha value is -2.22. The molecule has 0 saturated heterocycles. The molecule has 2 rings (SSSR count). The van der Waals surface area contributed by atoms with Crippen LogP contribution in [-0.4, -0.2) is 28.4 Å². The van der Waals surface area contributed by atoms with Crippen LogP contribution in [0.25, 0.3) is 10.2 Å². The number of aldehydes is 1. The molecule has 0 radical (unpaired) electrons. The zero-order valence-electron chi connectivity index (χ0n) is 10.2. The number of rotatable bonds is 4. The third-order valence-electron chi connectivity index (χ3n) is 2.66. The lowest BCUT2D eigenvalue weighted by atomic mass is 10.2. The van der Waals surface area contributed by atoms with Gasteiger partial charge in [0.25, 0.3) is 0 Å². The average molecular weight is 282 g/mol. The number of carbonyl (C=O) groups excluding carboxylic acids is 2. The molecule has 0 aromatic carbocycles. The summed E-state index contributed by atoms with van der Waals surface area (Å²) in [5.74, 6) is -0.613. The minimum Gasteiger partial charge on any atom is -0.461 e. The Labute approximate surface area is 111 Å². The summed E-state index contributed by atoms with van der Waals surface area (Å²) in [5, 5.41) is 10.7. The highest BCUT2D eigenvalue weighted by Gasteiger charge is 2.26. The predicted octanol–water partition coefficient (Wildman–Crippen LogP) is 2.14. The van der Waals surface area contributed by atoms with E-state index < -0.39 is 10.9 Å². The summed E-state index contributed by atoms with van der Waals surface area (Å²) in [6, 6.07) is 1.34. The lowest BCUT2D eigenvalue weighted by Gasteiger charge is -2.04. The van der Waals surface area contributed by atoms with Crippen LogP contribution in [0.1, 0.15) is 27.8 Å². The molecule has 0 amide bonds. The number of esters is 1. The number of nitro groups is 1. The van der Waals surface area contributed by atoms with Crippen molar-refractivity contribution in [1.82, 2.24) is 4.57 Å². The van der Waals surface area contributed by atoms with E-state index in [4.69, 9.17) is 4.74 Å². The molecule has 0 bridgehead atoms. The van der Waals surface area contributed by atoms with Gasteiger partial charge in [0.05, 0.1) is 33.4 Å². The van der Waals surface area contributed by atoms with Gasteiger partial charge in [-0.1, -0.05) is 11.3 Å². The number of thiophene rings is 1.